The molecule has 0 aliphatic carbocycles. The lowest BCUT2D eigenvalue weighted by molar-refractivity contribution is -0.111. The van der Waals surface area contributed by atoms with Gasteiger partial charge in [-0.1, -0.05) is 6.58 Å². The molecule has 7 nitrogen and oxygen atoms in total. The molecule has 0 aliphatic heterocycles. The first-order valence-electron chi connectivity index (χ1n) is 8.54. The van der Waals surface area contributed by atoms with Gasteiger partial charge < -0.3 is 15.0 Å². The largest absolute Gasteiger partial charge is 0.481 e. The van der Waals surface area contributed by atoms with Crippen molar-refractivity contribution in [3.63, 3.8) is 0 Å². The van der Waals surface area contributed by atoms with Crippen LogP contribution in [0, 0.1) is 0 Å². The number of nitrogens with zero attached hydrogens (tertiary/aromatic N) is 3. The highest BCUT2D eigenvalue weighted by molar-refractivity contribution is 5.99. The van der Waals surface area contributed by atoms with E-state index in [0.717, 1.165) is 33.3 Å². The maximum absolute atomic E-state index is 11.5. The quantitative estimate of drug-likeness (QED) is 0.520. The number of amides is 1. The number of rotatable bonds is 5. The monoisotopic (exact) mass is 371 g/mol. The van der Waals surface area contributed by atoms with E-state index in [1.807, 2.05) is 30.5 Å². The van der Waals surface area contributed by atoms with Gasteiger partial charge in [-0.3, -0.25) is 9.78 Å². The summed E-state index contributed by atoms with van der Waals surface area (Å²) in [7, 11) is 1.59. The number of ether oxygens (including phenoxy) is 1. The number of carbonyl (C=O) groups is 1. The first kappa shape index (κ1) is 17.4. The molecule has 1 amide bonds. The van der Waals surface area contributed by atoms with Gasteiger partial charge in [0, 0.05) is 52.9 Å². The fourth-order valence-corrected chi connectivity index (χ4v) is 2.95. The van der Waals surface area contributed by atoms with Crippen molar-refractivity contribution in [2.45, 2.75) is 0 Å². The van der Waals surface area contributed by atoms with Gasteiger partial charge in [0.1, 0.15) is 5.65 Å². The molecule has 0 radical (unpaired) electrons. The van der Waals surface area contributed by atoms with E-state index in [4.69, 9.17) is 4.74 Å². The summed E-state index contributed by atoms with van der Waals surface area (Å²) >= 11 is 0. The van der Waals surface area contributed by atoms with Crippen LogP contribution in [0.4, 0.5) is 5.69 Å². The Morgan fingerprint density at radius 3 is 2.82 bits per heavy atom. The maximum atomic E-state index is 11.5. The molecule has 4 aromatic heterocycles. The number of hydrogen-bond donors (Lipinski definition) is 2. The number of nitrogens with one attached hydrogen (secondary N) is 2. The lowest BCUT2D eigenvalue weighted by Crippen LogP contribution is -2.07. The van der Waals surface area contributed by atoms with E-state index in [9.17, 15) is 4.79 Å². The first-order chi connectivity index (χ1) is 13.7. The van der Waals surface area contributed by atoms with Gasteiger partial charge in [0.2, 0.25) is 11.8 Å². The molecule has 7 heteroatoms. The van der Waals surface area contributed by atoms with Gasteiger partial charge in [0.15, 0.2) is 0 Å². The minimum absolute atomic E-state index is 0.285. The molecule has 0 spiro atoms. The van der Waals surface area contributed by atoms with Crippen LogP contribution in [-0.4, -0.2) is 33.0 Å². The fourth-order valence-electron chi connectivity index (χ4n) is 2.95. The Morgan fingerprint density at radius 2 is 2.00 bits per heavy atom. The van der Waals surface area contributed by atoms with Crippen LogP contribution < -0.4 is 10.1 Å². The lowest BCUT2D eigenvalue weighted by atomic mass is 10.0. The highest BCUT2D eigenvalue weighted by atomic mass is 16.5. The van der Waals surface area contributed by atoms with Gasteiger partial charge in [0.25, 0.3) is 0 Å². The summed E-state index contributed by atoms with van der Waals surface area (Å²) in [6, 6.07) is 7.68. The summed E-state index contributed by atoms with van der Waals surface area (Å²) in [6.45, 7) is 3.46. The number of anilines is 1. The number of pyridine rings is 3. The van der Waals surface area contributed by atoms with Crippen LogP contribution in [0.25, 0.3) is 33.3 Å². The lowest BCUT2D eigenvalue weighted by Gasteiger charge is -2.06. The van der Waals surface area contributed by atoms with Gasteiger partial charge in [-0.15, -0.1) is 0 Å². The fraction of sp³-hybridized carbons (Fsp3) is 0.0476. The Hall–Kier alpha value is -4.00. The van der Waals surface area contributed by atoms with E-state index in [-0.39, 0.29) is 5.91 Å². The van der Waals surface area contributed by atoms with E-state index in [0.29, 0.717) is 11.6 Å². The van der Waals surface area contributed by atoms with E-state index >= 15 is 0 Å². The minimum Gasteiger partial charge on any atom is -0.481 e. The van der Waals surface area contributed by atoms with Crippen LogP contribution >= 0.6 is 0 Å². The summed E-state index contributed by atoms with van der Waals surface area (Å²) in [4.78, 5) is 27.6. The number of fused-ring (bicyclic) bond motifs is 1. The van der Waals surface area contributed by atoms with E-state index in [2.05, 4.69) is 31.8 Å². The molecule has 2 N–H and O–H groups in total. The second kappa shape index (κ2) is 7.32. The Bertz CT molecular complexity index is 1180. The molecule has 138 valence electrons. The molecular weight excluding hydrogens is 354 g/mol. The van der Waals surface area contributed by atoms with E-state index in [1.54, 1.807) is 31.9 Å². The summed E-state index contributed by atoms with van der Waals surface area (Å²) in [6.07, 6.45) is 9.92. The molecule has 4 heterocycles. The highest BCUT2D eigenvalue weighted by Crippen LogP contribution is 2.32. The first-order valence-corrected chi connectivity index (χ1v) is 8.54. The number of aromatic amines is 1. The molecule has 0 saturated heterocycles. The molecule has 4 aromatic rings. The zero-order chi connectivity index (χ0) is 19.5. The van der Waals surface area contributed by atoms with Crippen LogP contribution in [0.5, 0.6) is 5.88 Å². The normalized spacial score (nSPS) is 10.6. The third-order valence-corrected chi connectivity index (χ3v) is 4.31. The second-order valence-corrected chi connectivity index (χ2v) is 6.07. The minimum atomic E-state index is -0.285. The predicted octanol–water partition coefficient (Wildman–Crippen LogP) is 3.82. The molecule has 0 atom stereocenters. The van der Waals surface area contributed by atoms with Crippen molar-refractivity contribution in [1.82, 2.24) is 19.9 Å². The average Bonchev–Trinajstić information content (AvgIpc) is 3.17. The molecule has 0 aliphatic rings. The Kier molecular flexibility index (Phi) is 4.55. The van der Waals surface area contributed by atoms with Gasteiger partial charge in [-0.25, -0.2) is 9.97 Å². The summed E-state index contributed by atoms with van der Waals surface area (Å²) < 4.78 is 5.23. The molecule has 28 heavy (non-hydrogen) atoms. The van der Waals surface area contributed by atoms with Crippen LogP contribution in [0.1, 0.15) is 0 Å². The zero-order valence-corrected chi connectivity index (χ0v) is 15.1. The molecule has 0 fully saturated rings. The SMILES string of the molecule is C=CC(=O)Nc1cncc(-c2cnc3[nH]cc(-c4ccnc(OC)c4)c3c2)c1. The van der Waals surface area contributed by atoms with Crippen molar-refractivity contribution in [3.8, 4) is 28.1 Å². The van der Waals surface area contributed by atoms with Crippen LogP contribution in [0.3, 0.4) is 0 Å². The smallest absolute Gasteiger partial charge is 0.247 e. The van der Waals surface area contributed by atoms with E-state index in [1.165, 1.54) is 6.08 Å². The average molecular weight is 371 g/mol. The summed E-state index contributed by atoms with van der Waals surface area (Å²) in [5.74, 6) is 0.262. The maximum Gasteiger partial charge on any atom is 0.247 e. The molecule has 0 unspecified atom stereocenters. The van der Waals surface area contributed by atoms with E-state index < -0.39 is 0 Å². The molecular formula is C21H17N5O2. The Balaban J connectivity index is 1.77. The number of carbonyl (C=O) groups excluding carboxylic acids is 1. The summed E-state index contributed by atoms with van der Waals surface area (Å²) in [5, 5.41) is 3.68. The number of aromatic nitrogens is 4. The summed E-state index contributed by atoms with van der Waals surface area (Å²) in [5.41, 5.74) is 5.07. The topological polar surface area (TPSA) is 92.8 Å². The Morgan fingerprint density at radius 1 is 1.14 bits per heavy atom. The molecule has 0 saturated carbocycles. The zero-order valence-electron chi connectivity index (χ0n) is 15.1. The van der Waals surface area contributed by atoms with Crippen molar-refractivity contribution in [2.24, 2.45) is 0 Å². The van der Waals surface area contributed by atoms with Crippen molar-refractivity contribution < 1.29 is 9.53 Å². The van der Waals surface area contributed by atoms with Gasteiger partial charge >= 0.3 is 0 Å². The van der Waals surface area contributed by atoms with Gasteiger partial charge in [-0.2, -0.15) is 0 Å². The third-order valence-electron chi connectivity index (χ3n) is 4.31. The highest BCUT2D eigenvalue weighted by Gasteiger charge is 2.11. The third kappa shape index (κ3) is 3.33. The molecule has 0 bridgehead atoms. The number of H-pyrrole nitrogens is 1. The van der Waals surface area contributed by atoms with Gasteiger partial charge in [0.05, 0.1) is 19.0 Å². The molecule has 4 rings (SSSR count). The van der Waals surface area contributed by atoms with Crippen LogP contribution in [-0.2, 0) is 4.79 Å². The van der Waals surface area contributed by atoms with Crippen LogP contribution in [0.15, 0.2) is 67.9 Å². The van der Waals surface area contributed by atoms with Crippen molar-refractivity contribution in [3.05, 3.63) is 67.9 Å². The van der Waals surface area contributed by atoms with Gasteiger partial charge in [-0.05, 0) is 29.8 Å². The van der Waals surface area contributed by atoms with Crippen molar-refractivity contribution >= 4 is 22.6 Å². The van der Waals surface area contributed by atoms with Crippen molar-refractivity contribution in [2.75, 3.05) is 12.4 Å². The predicted molar refractivity (Wildman–Crippen MR) is 108 cm³/mol. The standard InChI is InChI=1S/C21H17N5O2/c1-3-19(27)26-16-6-14(9-22-11-16)15-7-17-18(12-25-21(17)24-10-15)13-4-5-23-20(8-13)28-2/h3-12H,1H2,2H3,(H,24,25)(H,26,27). The van der Waals surface area contributed by atoms with Crippen molar-refractivity contribution in [1.29, 1.82) is 0 Å². The molecule has 0 aromatic carbocycles. The number of methoxy groups -OCH3 is 1. The second-order valence-electron chi connectivity index (χ2n) is 6.07. The Labute approximate surface area is 161 Å². The number of hydrogen-bond acceptors (Lipinski definition) is 5. The van der Waals surface area contributed by atoms with Crippen LogP contribution in [0.2, 0.25) is 0 Å².